The van der Waals surface area contributed by atoms with Gasteiger partial charge >= 0.3 is 0 Å². The molecule has 86 valence electrons. The molecule has 0 fully saturated rings. The Kier molecular flexibility index (Phi) is 2.49. The lowest BCUT2D eigenvalue weighted by Gasteiger charge is -2.11. The highest BCUT2D eigenvalue weighted by molar-refractivity contribution is 5.79. The Balaban J connectivity index is 2.23. The van der Waals surface area contributed by atoms with Crippen LogP contribution < -0.4 is 0 Å². The smallest absolute Gasteiger partial charge is 0.106 e. The monoisotopic (exact) mass is 224 g/mol. The Labute approximate surface area is 102 Å². The molecule has 0 aliphatic heterocycles. The van der Waals surface area contributed by atoms with E-state index in [0.29, 0.717) is 0 Å². The number of rotatable bonds is 2. The van der Waals surface area contributed by atoms with E-state index in [9.17, 15) is 5.11 Å². The summed E-state index contributed by atoms with van der Waals surface area (Å²) in [6.45, 7) is 2.17. The quantitative estimate of drug-likeness (QED) is 0.824. The topological polar surface area (TPSA) is 20.2 Å². The van der Waals surface area contributed by atoms with Gasteiger partial charge in [0, 0.05) is 0 Å². The van der Waals surface area contributed by atoms with Gasteiger partial charge in [-0.05, 0) is 34.2 Å². The van der Waals surface area contributed by atoms with Crippen molar-refractivity contribution in [3.8, 4) is 11.1 Å². The minimum Gasteiger partial charge on any atom is -0.384 e. The van der Waals surface area contributed by atoms with Crippen molar-refractivity contribution in [1.29, 1.82) is 0 Å². The molecule has 2 aromatic carbocycles. The number of hydrogen-bond acceptors (Lipinski definition) is 1. The van der Waals surface area contributed by atoms with E-state index < -0.39 is 6.10 Å². The molecule has 1 atom stereocenters. The van der Waals surface area contributed by atoms with Gasteiger partial charge in [0.25, 0.3) is 0 Å². The van der Waals surface area contributed by atoms with Crippen LogP contribution in [0.5, 0.6) is 0 Å². The normalized spacial score (nSPS) is 16.7. The van der Waals surface area contributed by atoms with Crippen LogP contribution in [0, 0.1) is 0 Å². The van der Waals surface area contributed by atoms with E-state index >= 15 is 0 Å². The summed E-state index contributed by atoms with van der Waals surface area (Å²) < 4.78 is 0. The fraction of sp³-hybridized carbons (Fsp3) is 0.250. The Hall–Kier alpha value is -1.60. The molecule has 0 saturated carbocycles. The van der Waals surface area contributed by atoms with Crippen molar-refractivity contribution >= 4 is 0 Å². The van der Waals surface area contributed by atoms with Crippen molar-refractivity contribution in [2.75, 3.05) is 0 Å². The van der Waals surface area contributed by atoms with Crippen molar-refractivity contribution in [3.05, 3.63) is 59.2 Å². The molecule has 17 heavy (non-hydrogen) atoms. The lowest BCUT2D eigenvalue weighted by molar-refractivity contribution is 0.224. The zero-order chi connectivity index (χ0) is 11.8. The van der Waals surface area contributed by atoms with E-state index in [1.165, 1.54) is 16.7 Å². The van der Waals surface area contributed by atoms with Crippen LogP contribution >= 0.6 is 0 Å². The van der Waals surface area contributed by atoms with Crippen LogP contribution in [0.4, 0.5) is 0 Å². The summed E-state index contributed by atoms with van der Waals surface area (Å²) in [5.41, 5.74) is 5.85. The lowest BCUT2D eigenvalue weighted by atomic mass is 9.97. The Morgan fingerprint density at radius 2 is 1.76 bits per heavy atom. The van der Waals surface area contributed by atoms with Gasteiger partial charge in [-0.3, -0.25) is 0 Å². The molecule has 0 amide bonds. The number of fused-ring (bicyclic) bond motifs is 3. The molecular formula is C16H16O. The molecule has 0 aromatic heterocycles. The third-order valence-electron chi connectivity index (χ3n) is 3.53. The van der Waals surface area contributed by atoms with Gasteiger partial charge in [0.1, 0.15) is 6.10 Å². The minimum atomic E-state index is -0.441. The Bertz CT molecular complexity index is 557. The molecule has 3 rings (SSSR count). The summed E-state index contributed by atoms with van der Waals surface area (Å²) in [4.78, 5) is 0. The second kappa shape index (κ2) is 4.01. The van der Waals surface area contributed by atoms with Gasteiger partial charge in [0.2, 0.25) is 0 Å². The molecule has 0 spiro atoms. The van der Waals surface area contributed by atoms with E-state index in [0.717, 1.165) is 24.0 Å². The van der Waals surface area contributed by atoms with Gasteiger partial charge in [-0.25, -0.2) is 0 Å². The van der Waals surface area contributed by atoms with Crippen molar-refractivity contribution in [2.45, 2.75) is 25.9 Å². The van der Waals surface area contributed by atoms with Crippen LogP contribution in [0.1, 0.15) is 36.1 Å². The van der Waals surface area contributed by atoms with Crippen molar-refractivity contribution in [1.82, 2.24) is 0 Å². The highest BCUT2D eigenvalue weighted by Crippen LogP contribution is 2.44. The first-order valence-electron chi connectivity index (χ1n) is 6.22. The minimum absolute atomic E-state index is 0.441. The molecule has 1 unspecified atom stereocenters. The molecule has 0 saturated heterocycles. The first kappa shape index (κ1) is 10.5. The van der Waals surface area contributed by atoms with Gasteiger partial charge < -0.3 is 5.11 Å². The fourth-order valence-corrected chi connectivity index (χ4v) is 2.79. The van der Waals surface area contributed by atoms with Gasteiger partial charge in [-0.1, -0.05) is 55.8 Å². The third kappa shape index (κ3) is 1.50. The van der Waals surface area contributed by atoms with E-state index in [4.69, 9.17) is 0 Å². The molecule has 2 aromatic rings. The summed E-state index contributed by atoms with van der Waals surface area (Å²) in [5, 5.41) is 10.4. The lowest BCUT2D eigenvalue weighted by Crippen LogP contribution is -1.99. The van der Waals surface area contributed by atoms with E-state index in [-0.39, 0.29) is 0 Å². The number of benzene rings is 2. The Morgan fingerprint density at radius 1 is 1.00 bits per heavy atom. The van der Waals surface area contributed by atoms with Crippen LogP contribution in [0.15, 0.2) is 42.5 Å². The summed E-state index contributed by atoms with van der Waals surface area (Å²) in [7, 11) is 0. The van der Waals surface area contributed by atoms with Crippen LogP contribution in [0.2, 0.25) is 0 Å². The van der Waals surface area contributed by atoms with Gasteiger partial charge in [-0.2, -0.15) is 0 Å². The molecule has 1 heteroatoms. The number of aryl methyl sites for hydroxylation is 1. The molecule has 0 bridgehead atoms. The molecular weight excluding hydrogens is 208 g/mol. The molecule has 1 N–H and O–H groups in total. The second-order valence-corrected chi connectivity index (χ2v) is 4.62. The van der Waals surface area contributed by atoms with E-state index in [1.54, 1.807) is 0 Å². The summed E-state index contributed by atoms with van der Waals surface area (Å²) in [5.74, 6) is 0. The maximum absolute atomic E-state index is 10.4. The summed E-state index contributed by atoms with van der Waals surface area (Å²) in [6.07, 6.45) is 1.71. The molecule has 0 heterocycles. The second-order valence-electron chi connectivity index (χ2n) is 4.62. The van der Waals surface area contributed by atoms with Crippen LogP contribution in [-0.4, -0.2) is 5.11 Å². The highest BCUT2D eigenvalue weighted by Gasteiger charge is 2.28. The van der Waals surface area contributed by atoms with Gasteiger partial charge in [-0.15, -0.1) is 0 Å². The zero-order valence-electron chi connectivity index (χ0n) is 9.98. The van der Waals surface area contributed by atoms with Crippen molar-refractivity contribution < 1.29 is 5.11 Å². The van der Waals surface area contributed by atoms with E-state index in [1.807, 2.05) is 18.2 Å². The number of aliphatic hydroxyl groups excluding tert-OH is 1. The summed E-state index contributed by atoms with van der Waals surface area (Å²) >= 11 is 0. The van der Waals surface area contributed by atoms with Gasteiger partial charge in [0.05, 0.1) is 0 Å². The third-order valence-corrected chi connectivity index (χ3v) is 3.53. The molecule has 1 nitrogen and oxygen atoms in total. The van der Waals surface area contributed by atoms with Crippen molar-refractivity contribution in [3.63, 3.8) is 0 Å². The fourth-order valence-electron chi connectivity index (χ4n) is 2.79. The van der Waals surface area contributed by atoms with Crippen molar-refractivity contribution in [2.24, 2.45) is 0 Å². The van der Waals surface area contributed by atoms with Crippen LogP contribution in [-0.2, 0) is 6.42 Å². The average Bonchev–Trinajstić information content (AvgIpc) is 2.66. The largest absolute Gasteiger partial charge is 0.384 e. The van der Waals surface area contributed by atoms with Crippen LogP contribution in [0.25, 0.3) is 11.1 Å². The first-order chi connectivity index (χ1) is 8.33. The van der Waals surface area contributed by atoms with E-state index in [2.05, 4.69) is 31.2 Å². The maximum atomic E-state index is 10.4. The zero-order valence-corrected chi connectivity index (χ0v) is 9.98. The highest BCUT2D eigenvalue weighted by atomic mass is 16.3. The Morgan fingerprint density at radius 3 is 2.59 bits per heavy atom. The SMILES string of the molecule is CCCc1cccc2c1C(O)c1ccccc1-2. The molecule has 1 aliphatic rings. The predicted molar refractivity (Wildman–Crippen MR) is 69.9 cm³/mol. The summed E-state index contributed by atoms with van der Waals surface area (Å²) in [6, 6.07) is 14.5. The maximum Gasteiger partial charge on any atom is 0.106 e. The molecule has 0 radical (unpaired) electrons. The first-order valence-corrected chi connectivity index (χ1v) is 6.22. The van der Waals surface area contributed by atoms with Gasteiger partial charge in [0.15, 0.2) is 0 Å². The standard InChI is InChI=1S/C16H16O/c1-2-6-11-7-5-10-13-12-8-3-4-9-14(12)16(17)15(11)13/h3-5,7-10,16-17H,2,6H2,1H3. The van der Waals surface area contributed by atoms with Crippen LogP contribution in [0.3, 0.4) is 0 Å². The average molecular weight is 224 g/mol. The predicted octanol–water partition coefficient (Wildman–Crippen LogP) is 3.70. The number of aliphatic hydroxyl groups is 1. The molecule has 1 aliphatic carbocycles. The number of hydrogen-bond donors (Lipinski definition) is 1.